The van der Waals surface area contributed by atoms with E-state index in [0.717, 1.165) is 11.1 Å². The van der Waals surface area contributed by atoms with Crippen LogP contribution >= 0.6 is 34.8 Å². The first-order valence-corrected chi connectivity index (χ1v) is 12.8. The van der Waals surface area contributed by atoms with Crippen molar-refractivity contribution in [3.63, 3.8) is 0 Å². The lowest BCUT2D eigenvalue weighted by molar-refractivity contribution is -0.142. The minimum Gasteiger partial charge on any atom is -0.482 e. The highest BCUT2D eigenvalue weighted by Gasteiger charge is 2.31. The van der Waals surface area contributed by atoms with Gasteiger partial charge in [-0.2, -0.15) is 0 Å². The predicted octanol–water partition coefficient (Wildman–Crippen LogP) is 6.44. The van der Waals surface area contributed by atoms with Crippen LogP contribution in [0.3, 0.4) is 0 Å². The van der Waals surface area contributed by atoms with Crippen molar-refractivity contribution in [2.24, 2.45) is 5.92 Å². The second-order valence-corrected chi connectivity index (χ2v) is 10.1. The zero-order chi connectivity index (χ0) is 26.1. The second-order valence-electron chi connectivity index (χ2n) is 8.82. The Bertz CT molecular complexity index is 1170. The first-order chi connectivity index (χ1) is 17.2. The maximum atomic E-state index is 13.6. The Morgan fingerprint density at radius 3 is 2.28 bits per heavy atom. The lowest BCUT2D eigenvalue weighted by atomic mass is 10.0. The summed E-state index contributed by atoms with van der Waals surface area (Å²) in [6, 6.07) is 20.9. The van der Waals surface area contributed by atoms with Crippen molar-refractivity contribution in [3.8, 4) is 5.75 Å². The number of halogens is 3. The number of ether oxygens (including phenoxy) is 1. The molecule has 0 heterocycles. The lowest BCUT2D eigenvalue weighted by Crippen LogP contribution is -2.52. The number of benzene rings is 3. The SMILES string of the molecule is CC(C)CNC(=O)[C@H](Cc1ccccc1)N(Cc1ccccc1Cl)C(=O)COc1ccc(Cl)cc1Cl. The van der Waals surface area contributed by atoms with Gasteiger partial charge in [0.2, 0.25) is 5.91 Å². The van der Waals surface area contributed by atoms with Gasteiger partial charge in [-0.3, -0.25) is 9.59 Å². The van der Waals surface area contributed by atoms with Crippen LogP contribution in [-0.4, -0.2) is 35.9 Å². The predicted molar refractivity (Wildman–Crippen MR) is 146 cm³/mol. The molecule has 0 aliphatic rings. The number of hydrogen-bond acceptors (Lipinski definition) is 3. The van der Waals surface area contributed by atoms with E-state index in [4.69, 9.17) is 39.5 Å². The third-order valence-corrected chi connectivity index (χ3v) is 6.40. The summed E-state index contributed by atoms with van der Waals surface area (Å²) in [5.41, 5.74) is 1.66. The maximum absolute atomic E-state index is 13.6. The van der Waals surface area contributed by atoms with E-state index in [9.17, 15) is 9.59 Å². The summed E-state index contributed by atoms with van der Waals surface area (Å²) >= 11 is 18.6. The van der Waals surface area contributed by atoms with Crippen molar-refractivity contribution in [1.82, 2.24) is 10.2 Å². The van der Waals surface area contributed by atoms with E-state index < -0.39 is 6.04 Å². The van der Waals surface area contributed by atoms with E-state index in [-0.39, 0.29) is 30.9 Å². The molecule has 0 fully saturated rings. The molecule has 0 aliphatic heterocycles. The van der Waals surface area contributed by atoms with Crippen molar-refractivity contribution in [2.45, 2.75) is 32.9 Å². The number of carbonyl (C=O) groups is 2. The van der Waals surface area contributed by atoms with Gasteiger partial charge in [-0.15, -0.1) is 0 Å². The Hall–Kier alpha value is -2.73. The zero-order valence-corrected chi connectivity index (χ0v) is 22.5. The van der Waals surface area contributed by atoms with Crippen LogP contribution in [0.25, 0.3) is 0 Å². The van der Waals surface area contributed by atoms with Crippen LogP contribution in [0.15, 0.2) is 72.8 Å². The fraction of sp³-hybridized carbons (Fsp3) is 0.286. The molecular formula is C28H29Cl3N2O3. The summed E-state index contributed by atoms with van der Waals surface area (Å²) in [5, 5.41) is 4.25. The van der Waals surface area contributed by atoms with E-state index in [0.29, 0.717) is 33.8 Å². The summed E-state index contributed by atoms with van der Waals surface area (Å²) in [6.07, 6.45) is 0.336. The Labute approximate surface area is 227 Å². The molecule has 3 rings (SSSR count). The average molecular weight is 548 g/mol. The van der Waals surface area contributed by atoms with Gasteiger partial charge in [0.15, 0.2) is 6.61 Å². The summed E-state index contributed by atoms with van der Waals surface area (Å²) in [7, 11) is 0. The fourth-order valence-electron chi connectivity index (χ4n) is 3.60. The van der Waals surface area contributed by atoms with Crippen LogP contribution in [0.4, 0.5) is 0 Å². The summed E-state index contributed by atoms with van der Waals surface area (Å²) < 4.78 is 5.73. The summed E-state index contributed by atoms with van der Waals surface area (Å²) in [5.74, 6) is -0.0237. The van der Waals surface area contributed by atoms with Gasteiger partial charge in [-0.1, -0.05) is 97.2 Å². The molecule has 0 aromatic heterocycles. The van der Waals surface area contributed by atoms with E-state index in [1.807, 2.05) is 62.4 Å². The molecule has 0 saturated heterocycles. The van der Waals surface area contributed by atoms with Crippen molar-refractivity contribution in [3.05, 3.63) is 99.0 Å². The van der Waals surface area contributed by atoms with Gasteiger partial charge in [0.05, 0.1) is 5.02 Å². The first-order valence-electron chi connectivity index (χ1n) is 11.7. The molecule has 5 nitrogen and oxygen atoms in total. The number of amides is 2. The van der Waals surface area contributed by atoms with Gasteiger partial charge in [0.25, 0.3) is 5.91 Å². The smallest absolute Gasteiger partial charge is 0.261 e. The topological polar surface area (TPSA) is 58.6 Å². The quantitative estimate of drug-likeness (QED) is 0.301. The number of rotatable bonds is 11. The number of nitrogens with one attached hydrogen (secondary N) is 1. The van der Waals surface area contributed by atoms with Crippen LogP contribution in [0.2, 0.25) is 15.1 Å². The van der Waals surface area contributed by atoms with E-state index in [1.54, 1.807) is 24.3 Å². The van der Waals surface area contributed by atoms with Crippen LogP contribution in [0.1, 0.15) is 25.0 Å². The van der Waals surface area contributed by atoms with Crippen molar-refractivity contribution >= 4 is 46.6 Å². The molecule has 1 atom stereocenters. The van der Waals surface area contributed by atoms with Crippen molar-refractivity contribution in [2.75, 3.05) is 13.2 Å². The zero-order valence-electron chi connectivity index (χ0n) is 20.2. The molecule has 0 radical (unpaired) electrons. The maximum Gasteiger partial charge on any atom is 0.261 e. The molecule has 0 saturated carbocycles. The normalized spacial score (nSPS) is 11.7. The van der Waals surface area contributed by atoms with E-state index >= 15 is 0 Å². The number of hydrogen-bond donors (Lipinski definition) is 1. The molecule has 8 heteroatoms. The monoisotopic (exact) mass is 546 g/mol. The molecule has 0 unspecified atom stereocenters. The number of carbonyl (C=O) groups excluding carboxylic acids is 2. The average Bonchev–Trinajstić information content (AvgIpc) is 2.85. The van der Waals surface area contributed by atoms with Gasteiger partial charge in [0, 0.05) is 29.6 Å². The first kappa shape index (κ1) is 27.9. The van der Waals surface area contributed by atoms with Gasteiger partial charge in [-0.05, 0) is 41.3 Å². The number of nitrogens with zero attached hydrogens (tertiary/aromatic N) is 1. The standard InChI is InChI=1S/C28H29Cl3N2O3/c1-19(2)16-32-28(35)25(14-20-8-4-3-5-9-20)33(17-21-10-6-7-11-23(21)30)27(34)18-36-26-13-12-22(29)15-24(26)31/h3-13,15,19,25H,14,16-18H2,1-2H3,(H,32,35)/t25-/m0/s1. The lowest BCUT2D eigenvalue weighted by Gasteiger charge is -2.32. The van der Waals surface area contributed by atoms with Crippen molar-refractivity contribution < 1.29 is 14.3 Å². The molecule has 3 aromatic carbocycles. The van der Waals surface area contributed by atoms with Crippen LogP contribution in [0.5, 0.6) is 5.75 Å². The van der Waals surface area contributed by atoms with Crippen LogP contribution in [0, 0.1) is 5.92 Å². The van der Waals surface area contributed by atoms with Gasteiger partial charge >= 0.3 is 0 Å². The third kappa shape index (κ3) is 8.16. The third-order valence-electron chi connectivity index (χ3n) is 5.50. The highest BCUT2D eigenvalue weighted by atomic mass is 35.5. The molecule has 2 amide bonds. The Kier molecular flexibility index (Phi) is 10.5. The molecule has 190 valence electrons. The highest BCUT2D eigenvalue weighted by Crippen LogP contribution is 2.28. The fourth-order valence-corrected chi connectivity index (χ4v) is 4.26. The summed E-state index contributed by atoms with van der Waals surface area (Å²) in [4.78, 5) is 28.5. The van der Waals surface area contributed by atoms with E-state index in [2.05, 4.69) is 5.32 Å². The molecule has 0 spiro atoms. The van der Waals surface area contributed by atoms with Gasteiger partial charge in [-0.25, -0.2) is 0 Å². The van der Waals surface area contributed by atoms with Gasteiger partial charge in [0.1, 0.15) is 11.8 Å². The second kappa shape index (κ2) is 13.5. The Morgan fingerprint density at radius 1 is 0.917 bits per heavy atom. The van der Waals surface area contributed by atoms with Crippen LogP contribution in [-0.2, 0) is 22.6 Å². The summed E-state index contributed by atoms with van der Waals surface area (Å²) in [6.45, 7) is 4.36. The molecule has 0 aliphatic carbocycles. The molecule has 3 aromatic rings. The largest absolute Gasteiger partial charge is 0.482 e. The molecule has 1 N–H and O–H groups in total. The van der Waals surface area contributed by atoms with E-state index in [1.165, 1.54) is 4.90 Å². The molecular weight excluding hydrogens is 519 g/mol. The highest BCUT2D eigenvalue weighted by molar-refractivity contribution is 6.35. The Balaban J connectivity index is 1.92. The molecule has 0 bridgehead atoms. The minimum atomic E-state index is -0.779. The van der Waals surface area contributed by atoms with Gasteiger partial charge < -0.3 is 15.0 Å². The van der Waals surface area contributed by atoms with Crippen LogP contribution < -0.4 is 10.1 Å². The van der Waals surface area contributed by atoms with Crippen molar-refractivity contribution in [1.29, 1.82) is 0 Å². The molecule has 36 heavy (non-hydrogen) atoms. The Morgan fingerprint density at radius 2 is 1.61 bits per heavy atom. The minimum absolute atomic E-state index is 0.142.